The molecule has 12 nitrogen and oxygen atoms in total. The van der Waals surface area contributed by atoms with Crippen molar-refractivity contribution in [3.05, 3.63) is 252 Å². The topological polar surface area (TPSA) is 192 Å². The lowest BCUT2D eigenvalue weighted by Gasteiger charge is -2.37. The first-order valence-corrected chi connectivity index (χ1v) is 28.2. The SMILES string of the molecule is C#CC.CC(C(=O)O)c1cccc(Oc2ccccc2)c1.CC12CCC(=O)C=C1CCCC2=O.O=C(OC1CC(O)N1)c1ccccc1.Oc1ccc2ccccc2c1-c1c(O)ccc2ccccc12.c1ccc([C@@H]2O[C@H]2c2ccccc2)cc1. The van der Waals surface area contributed by atoms with Crippen molar-refractivity contribution in [3.63, 3.8) is 0 Å². The van der Waals surface area contributed by atoms with Gasteiger partial charge in [0.05, 0.1) is 11.5 Å². The van der Waals surface area contributed by atoms with E-state index in [0.29, 0.717) is 47.5 Å². The summed E-state index contributed by atoms with van der Waals surface area (Å²) in [4.78, 5) is 45.2. The Morgan fingerprint density at radius 3 is 1.65 bits per heavy atom. The number of terminal acetylenes is 1. The predicted molar refractivity (Wildman–Crippen MR) is 332 cm³/mol. The van der Waals surface area contributed by atoms with E-state index in [1.807, 2.05) is 122 Å². The van der Waals surface area contributed by atoms with Crippen molar-refractivity contribution in [1.82, 2.24) is 5.32 Å². The van der Waals surface area contributed by atoms with Crippen LogP contribution in [0.25, 0.3) is 32.7 Å². The zero-order valence-corrected chi connectivity index (χ0v) is 47.7. The first kappa shape index (κ1) is 61.4. The number of rotatable bonds is 9. The van der Waals surface area contributed by atoms with Gasteiger partial charge in [-0.3, -0.25) is 19.7 Å². The van der Waals surface area contributed by atoms with E-state index in [-0.39, 0.29) is 47.1 Å². The number of ether oxygens (including phenoxy) is 3. The molecule has 2 saturated heterocycles. The molecule has 6 atom stereocenters. The van der Waals surface area contributed by atoms with Gasteiger partial charge in [0, 0.05) is 35.8 Å². The quantitative estimate of drug-likeness (QED) is 0.0523. The van der Waals surface area contributed by atoms with E-state index in [0.717, 1.165) is 57.7 Å². The van der Waals surface area contributed by atoms with Gasteiger partial charge in [0.1, 0.15) is 47.2 Å². The number of fused-ring (bicyclic) bond motifs is 3. The fourth-order valence-electron chi connectivity index (χ4n) is 10.2. The second kappa shape index (κ2) is 29.6. The van der Waals surface area contributed by atoms with Crippen LogP contribution in [0.15, 0.2) is 230 Å². The van der Waals surface area contributed by atoms with Gasteiger partial charge in [0.2, 0.25) is 0 Å². The number of benzene rings is 9. The number of hydrogen-bond donors (Lipinski definition) is 5. The minimum absolute atomic E-state index is 0.172. The van der Waals surface area contributed by atoms with E-state index in [9.17, 15) is 29.4 Å². The highest BCUT2D eigenvalue weighted by atomic mass is 16.6. The van der Waals surface area contributed by atoms with Crippen molar-refractivity contribution in [2.45, 2.75) is 89.9 Å². The van der Waals surface area contributed by atoms with Crippen LogP contribution in [0.3, 0.4) is 0 Å². The summed E-state index contributed by atoms with van der Waals surface area (Å²) in [7, 11) is 0. The van der Waals surface area contributed by atoms with Crippen molar-refractivity contribution in [2.75, 3.05) is 0 Å². The van der Waals surface area contributed by atoms with E-state index >= 15 is 0 Å². The molecule has 85 heavy (non-hydrogen) atoms. The summed E-state index contributed by atoms with van der Waals surface area (Å²) in [6, 6.07) is 68.9. The number of carbonyl (C=O) groups excluding carboxylic acids is 3. The molecule has 0 bridgehead atoms. The lowest BCUT2D eigenvalue weighted by Crippen LogP contribution is -2.54. The van der Waals surface area contributed by atoms with Crippen LogP contribution in [-0.2, 0) is 23.9 Å². The maximum absolute atomic E-state index is 11.7. The van der Waals surface area contributed by atoms with Gasteiger partial charge in [-0.1, -0.05) is 175 Å². The second-order valence-electron chi connectivity index (χ2n) is 20.9. The third-order valence-electron chi connectivity index (χ3n) is 15.0. The van der Waals surface area contributed by atoms with Crippen molar-refractivity contribution < 1.29 is 53.8 Å². The van der Waals surface area contributed by atoms with Crippen LogP contribution < -0.4 is 10.1 Å². The van der Waals surface area contributed by atoms with Gasteiger partial charge in [-0.15, -0.1) is 12.3 Å². The Kier molecular flexibility index (Phi) is 21.4. The first-order chi connectivity index (χ1) is 41.2. The van der Waals surface area contributed by atoms with Crippen molar-refractivity contribution >= 4 is 45.0 Å². The number of hydrogen-bond acceptors (Lipinski definition) is 11. The molecule has 432 valence electrons. The normalized spacial score (nSPS) is 19.0. The number of phenolic OH excluding ortho intramolecular Hbond substituents is 2. The number of epoxide rings is 1. The summed E-state index contributed by atoms with van der Waals surface area (Å²) < 4.78 is 16.4. The van der Waals surface area contributed by atoms with E-state index in [2.05, 4.69) is 66.2 Å². The van der Waals surface area contributed by atoms with E-state index < -0.39 is 18.1 Å². The van der Waals surface area contributed by atoms with Crippen LogP contribution in [0.2, 0.25) is 0 Å². The lowest BCUT2D eigenvalue weighted by molar-refractivity contribution is -0.138. The largest absolute Gasteiger partial charge is 0.507 e. The minimum atomic E-state index is -0.841. The molecule has 0 spiro atoms. The Labute approximate surface area is 496 Å². The minimum Gasteiger partial charge on any atom is -0.507 e. The average molecular weight is 1140 g/mol. The molecule has 9 aromatic rings. The third-order valence-corrected chi connectivity index (χ3v) is 15.0. The number of aliphatic hydroxyl groups excluding tert-OH is 1. The van der Waals surface area contributed by atoms with Gasteiger partial charge in [0.15, 0.2) is 12.0 Å². The molecule has 2 heterocycles. The van der Waals surface area contributed by atoms with Gasteiger partial charge in [-0.05, 0) is 133 Å². The second-order valence-corrected chi connectivity index (χ2v) is 20.9. The van der Waals surface area contributed by atoms with Gasteiger partial charge in [0.25, 0.3) is 0 Å². The fourth-order valence-corrected chi connectivity index (χ4v) is 10.2. The summed E-state index contributed by atoms with van der Waals surface area (Å²) in [5, 5.41) is 45.3. The fraction of sp³-hybridized carbons (Fsp3) is 0.205. The van der Waals surface area contributed by atoms with Crippen LogP contribution in [0, 0.1) is 17.8 Å². The molecule has 4 aliphatic rings. The number of aromatic hydroxyl groups is 2. The number of carbonyl (C=O) groups is 4. The molecule has 9 aromatic carbocycles. The number of phenols is 2. The smallest absolute Gasteiger partial charge is 0.339 e. The Hall–Kier alpha value is -9.64. The van der Waals surface area contributed by atoms with Crippen LogP contribution in [0.4, 0.5) is 0 Å². The highest BCUT2D eigenvalue weighted by Crippen LogP contribution is 2.51. The highest BCUT2D eigenvalue weighted by Gasteiger charge is 2.42. The highest BCUT2D eigenvalue weighted by molar-refractivity contribution is 6.09. The number of carboxylic acid groups (broad SMARTS) is 1. The molecule has 12 heteroatoms. The van der Waals surface area contributed by atoms with Crippen LogP contribution in [0.5, 0.6) is 23.0 Å². The molecule has 4 unspecified atom stereocenters. The Bertz CT molecular complexity index is 3660. The maximum Gasteiger partial charge on any atom is 0.339 e. The monoisotopic (exact) mass is 1140 g/mol. The number of aliphatic carboxylic acids is 1. The molecule has 0 radical (unpaired) electrons. The number of Topliss-reactive ketones (excluding diaryl/α,β-unsaturated/α-hetero) is 1. The predicted octanol–water partition coefficient (Wildman–Crippen LogP) is 15.4. The summed E-state index contributed by atoms with van der Waals surface area (Å²) in [6.07, 6.45) is 10.2. The van der Waals surface area contributed by atoms with Crippen LogP contribution in [-0.4, -0.2) is 56.4 Å². The molecular weight excluding hydrogens is 1070 g/mol. The van der Waals surface area contributed by atoms with Gasteiger partial charge < -0.3 is 34.6 Å². The lowest BCUT2D eigenvalue weighted by atomic mass is 9.65. The maximum atomic E-state index is 11.7. The first-order valence-electron chi connectivity index (χ1n) is 28.2. The van der Waals surface area contributed by atoms with Crippen molar-refractivity contribution in [1.29, 1.82) is 0 Å². The zero-order chi connectivity index (χ0) is 60.3. The Balaban J connectivity index is 0.000000138. The van der Waals surface area contributed by atoms with Gasteiger partial charge >= 0.3 is 11.9 Å². The average Bonchev–Trinajstić information content (AvgIpc) is 3.53. The van der Waals surface area contributed by atoms with E-state index in [4.69, 9.17) is 24.4 Å². The molecule has 2 aliphatic carbocycles. The third kappa shape index (κ3) is 16.3. The summed E-state index contributed by atoms with van der Waals surface area (Å²) >= 11 is 0. The van der Waals surface area contributed by atoms with Gasteiger partial charge in [-0.25, -0.2) is 4.79 Å². The number of aliphatic hydroxyl groups is 1. The Morgan fingerprint density at radius 2 is 1.13 bits per heavy atom. The van der Waals surface area contributed by atoms with E-state index in [1.54, 1.807) is 74.5 Å². The summed E-state index contributed by atoms with van der Waals surface area (Å²) in [5.74, 6) is 2.76. The molecule has 0 aromatic heterocycles. The number of carboxylic acids is 1. The molecule has 2 aliphatic heterocycles. The number of nitrogens with one attached hydrogen (secondary N) is 1. The molecule has 3 fully saturated rings. The number of esters is 1. The zero-order valence-electron chi connectivity index (χ0n) is 47.7. The van der Waals surface area contributed by atoms with Gasteiger partial charge in [-0.2, -0.15) is 0 Å². The van der Waals surface area contributed by atoms with Crippen LogP contribution in [0.1, 0.15) is 104 Å². The van der Waals surface area contributed by atoms with Crippen LogP contribution >= 0.6 is 0 Å². The molecule has 1 saturated carbocycles. The number of allylic oxidation sites excluding steroid dienone is 2. The Morgan fingerprint density at radius 1 is 0.647 bits per heavy atom. The molecule has 13 rings (SSSR count). The molecule has 5 N–H and O–H groups in total. The van der Waals surface area contributed by atoms with Crippen molar-refractivity contribution in [3.8, 4) is 46.5 Å². The van der Waals surface area contributed by atoms with E-state index in [1.165, 1.54) is 11.1 Å². The molecule has 0 amide bonds. The summed E-state index contributed by atoms with van der Waals surface area (Å²) in [5.41, 5.74) is 5.94. The standard InChI is InChI=1S/C20H14O2.C15H14O3.C14H12O.C11H14O2.C10H11NO3.C3H4/c21-17-11-9-13-5-1-3-7-15(13)19(17)20-16-8-4-2-6-14(16)10-12-18(20)22;1-11(15(16)17)12-6-5-9-14(10-12)18-13-7-3-2-4-8-13;1-3-7-11(8-4-1)13-14(15-13)12-9-5-2-6-10-12;1-11-6-5-9(12)7-8(11)3-2-4-10(11)13;12-8-6-9(11-8)14-10(13)7-4-2-1-3-5-7;1-3-2/h1-12,21-22H;2-11H,1H3,(H,16,17);1-10,13-14H;7H,2-6H2,1H3;1-5,8-9,11-12H,6H2;1H,2H3/t;;13-,14-;;;/m..0.../s1. The van der Waals surface area contributed by atoms with Crippen molar-refractivity contribution in [2.24, 2.45) is 5.41 Å². The molecular formula is C73H69NO11. The number of para-hydroxylation sites is 1. The number of ketones is 2. The summed E-state index contributed by atoms with van der Waals surface area (Å²) in [6.45, 7) is 5.30.